The fraction of sp³-hybridized carbons (Fsp3) is 0.111. The van der Waals surface area contributed by atoms with Crippen LogP contribution in [0.3, 0.4) is 0 Å². The van der Waals surface area contributed by atoms with Gasteiger partial charge in [-0.25, -0.2) is 4.99 Å². The second kappa shape index (κ2) is 6.72. The number of carbonyl (C=O) groups excluding carboxylic acids is 1. The summed E-state index contributed by atoms with van der Waals surface area (Å²) in [4.78, 5) is 17.3. The van der Waals surface area contributed by atoms with Gasteiger partial charge in [-0.05, 0) is 54.9 Å². The number of amides is 1. The summed E-state index contributed by atoms with van der Waals surface area (Å²) in [6.07, 6.45) is 1.87. The van der Waals surface area contributed by atoms with Gasteiger partial charge in [0.05, 0.1) is 10.6 Å². The zero-order valence-electron chi connectivity index (χ0n) is 12.8. The van der Waals surface area contributed by atoms with Crippen molar-refractivity contribution in [1.82, 2.24) is 5.32 Å². The lowest BCUT2D eigenvalue weighted by atomic mass is 10.1. The number of carbonyl (C=O) groups is 1. The van der Waals surface area contributed by atoms with Crippen LogP contribution in [0.5, 0.6) is 0 Å². The average Bonchev–Trinajstić information content (AvgIpc) is 2.84. The van der Waals surface area contributed by atoms with Crippen molar-refractivity contribution in [2.75, 3.05) is 0 Å². The van der Waals surface area contributed by atoms with Crippen LogP contribution in [-0.2, 0) is 4.79 Å². The van der Waals surface area contributed by atoms with Gasteiger partial charge in [-0.1, -0.05) is 51.8 Å². The van der Waals surface area contributed by atoms with Crippen molar-refractivity contribution >= 4 is 50.5 Å². The van der Waals surface area contributed by atoms with Crippen LogP contribution in [0, 0.1) is 13.8 Å². The number of nitrogens with one attached hydrogen (secondary N) is 1. The lowest BCUT2D eigenvalue weighted by molar-refractivity contribution is -0.115. The molecule has 1 aliphatic rings. The van der Waals surface area contributed by atoms with Crippen LogP contribution in [0.25, 0.3) is 6.08 Å². The van der Waals surface area contributed by atoms with E-state index in [1.54, 1.807) is 0 Å². The number of thioether (sulfide) groups is 1. The zero-order valence-corrected chi connectivity index (χ0v) is 15.2. The highest BCUT2D eigenvalue weighted by Crippen LogP contribution is 2.30. The summed E-state index contributed by atoms with van der Waals surface area (Å²) in [5, 5.41) is 3.44. The molecule has 0 unspecified atom stereocenters. The first-order valence-electron chi connectivity index (χ1n) is 7.14. The van der Waals surface area contributed by atoms with Gasteiger partial charge in [0.1, 0.15) is 0 Å². The molecule has 3 rings (SSSR count). The molecule has 1 aliphatic heterocycles. The molecule has 116 valence electrons. The Morgan fingerprint density at radius 1 is 1.17 bits per heavy atom. The van der Waals surface area contributed by atoms with E-state index < -0.39 is 0 Å². The molecule has 1 heterocycles. The number of nitrogens with zero attached hydrogens (tertiary/aromatic N) is 1. The van der Waals surface area contributed by atoms with Crippen molar-refractivity contribution in [3.8, 4) is 0 Å². The molecule has 2 aromatic rings. The third-order valence-electron chi connectivity index (χ3n) is 3.42. The molecule has 0 aromatic heterocycles. The van der Waals surface area contributed by atoms with Crippen LogP contribution in [0.1, 0.15) is 16.7 Å². The Bertz CT molecular complexity index is 843. The molecule has 1 saturated heterocycles. The number of aliphatic imine (C=N–C) groups is 1. The van der Waals surface area contributed by atoms with E-state index in [1.165, 1.54) is 17.3 Å². The first-order valence-corrected chi connectivity index (χ1v) is 8.75. The molecule has 0 atom stereocenters. The fourth-order valence-electron chi connectivity index (χ4n) is 2.25. The van der Waals surface area contributed by atoms with Gasteiger partial charge in [-0.2, -0.15) is 0 Å². The van der Waals surface area contributed by atoms with Crippen LogP contribution in [0.2, 0.25) is 0 Å². The first kappa shape index (κ1) is 16.0. The number of rotatable bonds is 2. The van der Waals surface area contributed by atoms with Gasteiger partial charge in [0, 0.05) is 4.47 Å². The largest absolute Gasteiger partial charge is 0.300 e. The minimum atomic E-state index is -0.116. The smallest absolute Gasteiger partial charge is 0.264 e. The van der Waals surface area contributed by atoms with Crippen molar-refractivity contribution < 1.29 is 4.79 Å². The number of amidine groups is 1. The van der Waals surface area contributed by atoms with Gasteiger partial charge in [-0.15, -0.1) is 0 Å². The molecule has 1 N–H and O–H groups in total. The summed E-state index contributed by atoms with van der Waals surface area (Å²) in [6, 6.07) is 13.9. The topological polar surface area (TPSA) is 41.5 Å². The number of benzene rings is 2. The number of hydrogen-bond donors (Lipinski definition) is 1. The minimum Gasteiger partial charge on any atom is -0.300 e. The van der Waals surface area contributed by atoms with E-state index in [2.05, 4.69) is 39.2 Å². The molecule has 0 spiro atoms. The summed E-state index contributed by atoms with van der Waals surface area (Å²) in [5.74, 6) is -0.116. The highest BCUT2D eigenvalue weighted by molar-refractivity contribution is 9.10. The van der Waals surface area contributed by atoms with E-state index in [-0.39, 0.29) is 5.91 Å². The molecule has 1 amide bonds. The fourth-order valence-corrected chi connectivity index (χ4v) is 3.48. The second-order valence-electron chi connectivity index (χ2n) is 5.29. The van der Waals surface area contributed by atoms with Crippen molar-refractivity contribution in [2.24, 2.45) is 4.99 Å². The normalized spacial score (nSPS) is 17.8. The molecule has 3 nitrogen and oxygen atoms in total. The summed E-state index contributed by atoms with van der Waals surface area (Å²) < 4.78 is 0.959. The molecule has 1 fully saturated rings. The van der Waals surface area contributed by atoms with E-state index in [0.29, 0.717) is 10.1 Å². The van der Waals surface area contributed by atoms with Crippen LogP contribution < -0.4 is 5.32 Å². The third-order valence-corrected chi connectivity index (χ3v) is 5.05. The van der Waals surface area contributed by atoms with Crippen molar-refractivity contribution in [3.63, 3.8) is 0 Å². The highest BCUT2D eigenvalue weighted by atomic mass is 79.9. The summed E-state index contributed by atoms with van der Waals surface area (Å²) in [7, 11) is 0. The molecule has 0 saturated carbocycles. The first-order chi connectivity index (χ1) is 11.0. The lowest BCUT2D eigenvalue weighted by Crippen LogP contribution is -2.19. The van der Waals surface area contributed by atoms with Crippen molar-refractivity contribution in [2.45, 2.75) is 13.8 Å². The van der Waals surface area contributed by atoms with E-state index in [1.807, 2.05) is 49.4 Å². The zero-order chi connectivity index (χ0) is 16.4. The number of halogens is 1. The Morgan fingerprint density at radius 3 is 2.70 bits per heavy atom. The summed E-state index contributed by atoms with van der Waals surface area (Å²) in [5.41, 5.74) is 4.14. The Balaban J connectivity index is 1.88. The van der Waals surface area contributed by atoms with Gasteiger partial charge < -0.3 is 5.32 Å². The molecule has 2 aromatic carbocycles. The maximum atomic E-state index is 12.1. The SMILES string of the molecule is Cc1ccc(N=C2NC(=O)C(=Cc3ccccc3Br)S2)c(C)c1. The molecule has 0 bridgehead atoms. The third kappa shape index (κ3) is 3.74. The average molecular weight is 387 g/mol. The monoisotopic (exact) mass is 386 g/mol. The molecule has 5 heteroatoms. The molecule has 0 aliphatic carbocycles. The van der Waals surface area contributed by atoms with Crippen molar-refractivity contribution in [1.29, 1.82) is 0 Å². The molecular weight excluding hydrogens is 372 g/mol. The number of aryl methyl sites for hydroxylation is 2. The van der Waals surface area contributed by atoms with Gasteiger partial charge >= 0.3 is 0 Å². The summed E-state index contributed by atoms with van der Waals surface area (Å²) >= 11 is 4.85. The van der Waals surface area contributed by atoms with Crippen LogP contribution in [0.4, 0.5) is 5.69 Å². The Kier molecular flexibility index (Phi) is 4.68. The maximum Gasteiger partial charge on any atom is 0.264 e. The second-order valence-corrected chi connectivity index (χ2v) is 7.18. The van der Waals surface area contributed by atoms with Gasteiger partial charge in [0.25, 0.3) is 5.91 Å². The number of hydrogen-bond acceptors (Lipinski definition) is 3. The summed E-state index contributed by atoms with van der Waals surface area (Å²) in [6.45, 7) is 4.07. The predicted octanol–water partition coefficient (Wildman–Crippen LogP) is 4.96. The van der Waals surface area contributed by atoms with Gasteiger partial charge in [0.15, 0.2) is 5.17 Å². The Hall–Kier alpha value is -1.85. The van der Waals surface area contributed by atoms with Gasteiger partial charge in [-0.3, -0.25) is 4.79 Å². The van der Waals surface area contributed by atoms with E-state index in [9.17, 15) is 4.79 Å². The molecule has 0 radical (unpaired) electrons. The van der Waals surface area contributed by atoms with Crippen LogP contribution in [0.15, 0.2) is 56.8 Å². The standard InChI is InChI=1S/C18H15BrN2OS/c1-11-7-8-15(12(2)9-11)20-18-21-17(22)16(23-18)10-13-5-3-4-6-14(13)19/h3-10H,1-2H3,(H,20,21,22). The molecular formula is C18H15BrN2OS. The molecule has 23 heavy (non-hydrogen) atoms. The maximum absolute atomic E-state index is 12.1. The van der Waals surface area contributed by atoms with E-state index >= 15 is 0 Å². The minimum absolute atomic E-state index is 0.116. The van der Waals surface area contributed by atoms with Crippen LogP contribution >= 0.6 is 27.7 Å². The van der Waals surface area contributed by atoms with E-state index in [0.717, 1.165) is 21.3 Å². The van der Waals surface area contributed by atoms with Crippen molar-refractivity contribution in [3.05, 3.63) is 68.5 Å². The predicted molar refractivity (Wildman–Crippen MR) is 101 cm³/mol. The highest BCUT2D eigenvalue weighted by Gasteiger charge is 2.24. The van der Waals surface area contributed by atoms with Gasteiger partial charge in [0.2, 0.25) is 0 Å². The Morgan fingerprint density at radius 2 is 1.96 bits per heavy atom. The Labute approximate surface area is 148 Å². The lowest BCUT2D eigenvalue weighted by Gasteiger charge is -2.02. The van der Waals surface area contributed by atoms with E-state index in [4.69, 9.17) is 0 Å². The van der Waals surface area contributed by atoms with Crippen LogP contribution in [-0.4, -0.2) is 11.1 Å². The quantitative estimate of drug-likeness (QED) is 0.741.